The van der Waals surface area contributed by atoms with Gasteiger partial charge in [-0.05, 0) is 37.0 Å². The van der Waals surface area contributed by atoms with Crippen molar-refractivity contribution < 1.29 is 13.5 Å². The lowest BCUT2D eigenvalue weighted by atomic mass is 10.1. The standard InChI is InChI=1S/C13H15ClN2O3S/c14-11-5-4-9(7-15)13(6-11)20(18,19)16-12-3-1-2-10(12)8-17/h4-6,10,12,16-17H,1-3,8H2. The summed E-state index contributed by atoms with van der Waals surface area (Å²) in [5.74, 6) is -0.0745. The molecule has 1 aromatic rings. The number of rotatable bonds is 4. The molecule has 0 heterocycles. The number of nitriles is 1. The van der Waals surface area contributed by atoms with Gasteiger partial charge in [-0.1, -0.05) is 18.0 Å². The molecule has 0 aromatic heterocycles. The third-order valence-corrected chi connectivity index (χ3v) is 5.32. The molecule has 0 aliphatic heterocycles. The maximum absolute atomic E-state index is 12.4. The number of sulfonamides is 1. The van der Waals surface area contributed by atoms with E-state index in [9.17, 15) is 13.5 Å². The van der Waals surface area contributed by atoms with Crippen LogP contribution in [-0.2, 0) is 10.0 Å². The van der Waals surface area contributed by atoms with Gasteiger partial charge in [0, 0.05) is 17.7 Å². The van der Waals surface area contributed by atoms with Gasteiger partial charge in [-0.15, -0.1) is 0 Å². The van der Waals surface area contributed by atoms with E-state index >= 15 is 0 Å². The van der Waals surface area contributed by atoms with Gasteiger partial charge in [0.15, 0.2) is 0 Å². The largest absolute Gasteiger partial charge is 0.396 e. The first-order valence-electron chi connectivity index (χ1n) is 6.31. The average Bonchev–Trinajstić information content (AvgIpc) is 2.85. The number of nitrogens with zero attached hydrogens (tertiary/aromatic N) is 1. The van der Waals surface area contributed by atoms with Crippen molar-refractivity contribution in [1.82, 2.24) is 4.72 Å². The molecule has 1 aromatic carbocycles. The summed E-state index contributed by atoms with van der Waals surface area (Å²) >= 11 is 5.81. The molecule has 0 spiro atoms. The average molecular weight is 315 g/mol. The van der Waals surface area contributed by atoms with Gasteiger partial charge < -0.3 is 5.11 Å². The molecule has 0 saturated heterocycles. The highest BCUT2D eigenvalue weighted by atomic mass is 35.5. The number of benzene rings is 1. The van der Waals surface area contributed by atoms with Gasteiger partial charge >= 0.3 is 0 Å². The Kier molecular flexibility index (Phi) is 4.66. The molecule has 2 atom stereocenters. The van der Waals surface area contributed by atoms with Crippen molar-refractivity contribution in [2.75, 3.05) is 6.61 Å². The lowest BCUT2D eigenvalue weighted by molar-refractivity contribution is 0.213. The lowest BCUT2D eigenvalue weighted by Crippen LogP contribution is -2.38. The first-order valence-corrected chi connectivity index (χ1v) is 8.17. The molecule has 7 heteroatoms. The molecule has 5 nitrogen and oxygen atoms in total. The zero-order valence-corrected chi connectivity index (χ0v) is 12.3. The first-order chi connectivity index (χ1) is 9.47. The second-order valence-corrected chi connectivity index (χ2v) is 6.97. The van der Waals surface area contributed by atoms with Crippen LogP contribution in [0.15, 0.2) is 23.1 Å². The Bertz CT molecular complexity index is 640. The fraction of sp³-hybridized carbons (Fsp3) is 0.462. The van der Waals surface area contributed by atoms with E-state index in [1.54, 1.807) is 0 Å². The lowest BCUT2D eigenvalue weighted by Gasteiger charge is -2.19. The molecule has 0 bridgehead atoms. The number of hydrogen-bond acceptors (Lipinski definition) is 4. The Balaban J connectivity index is 2.31. The van der Waals surface area contributed by atoms with Crippen LogP contribution in [0.3, 0.4) is 0 Å². The SMILES string of the molecule is N#Cc1ccc(Cl)cc1S(=O)(=O)NC1CCCC1CO. The summed E-state index contributed by atoms with van der Waals surface area (Å²) in [6, 6.07) is 5.69. The molecule has 2 N–H and O–H groups in total. The smallest absolute Gasteiger partial charge is 0.242 e. The molecular weight excluding hydrogens is 300 g/mol. The fourth-order valence-electron chi connectivity index (χ4n) is 2.48. The van der Waals surface area contributed by atoms with Gasteiger partial charge in [-0.25, -0.2) is 13.1 Å². The molecule has 0 radical (unpaired) electrons. The van der Waals surface area contributed by atoms with Gasteiger partial charge in [0.25, 0.3) is 0 Å². The van der Waals surface area contributed by atoms with E-state index < -0.39 is 10.0 Å². The molecular formula is C13H15ClN2O3S. The second-order valence-electron chi connectivity index (χ2n) is 4.85. The van der Waals surface area contributed by atoms with Gasteiger partial charge in [-0.2, -0.15) is 5.26 Å². The molecule has 2 rings (SSSR count). The quantitative estimate of drug-likeness (QED) is 0.884. The monoisotopic (exact) mass is 314 g/mol. The summed E-state index contributed by atoms with van der Waals surface area (Å²) in [5.41, 5.74) is 0.0560. The maximum Gasteiger partial charge on any atom is 0.242 e. The first kappa shape index (κ1) is 15.3. The van der Waals surface area contributed by atoms with Gasteiger partial charge in [0.1, 0.15) is 11.0 Å². The maximum atomic E-state index is 12.4. The van der Waals surface area contributed by atoms with Crippen LogP contribution in [0.4, 0.5) is 0 Å². The summed E-state index contributed by atoms with van der Waals surface area (Å²) in [6.45, 7) is -0.0478. The van der Waals surface area contributed by atoms with Crippen molar-refractivity contribution in [2.45, 2.75) is 30.2 Å². The van der Waals surface area contributed by atoms with Gasteiger partial charge in [0.2, 0.25) is 10.0 Å². The summed E-state index contributed by atoms with van der Waals surface area (Å²) in [4.78, 5) is -0.115. The predicted octanol–water partition coefficient (Wildman–Crippen LogP) is 1.65. The summed E-state index contributed by atoms with van der Waals surface area (Å²) in [5, 5.41) is 18.5. The number of nitrogens with one attached hydrogen (secondary N) is 1. The van der Waals surface area contributed by atoms with Crippen LogP contribution in [0, 0.1) is 17.2 Å². The molecule has 1 aliphatic rings. The highest BCUT2D eigenvalue weighted by Gasteiger charge is 2.31. The van der Waals surface area contributed by atoms with Crippen LogP contribution in [0.25, 0.3) is 0 Å². The van der Waals surface area contributed by atoms with Crippen molar-refractivity contribution in [3.63, 3.8) is 0 Å². The van der Waals surface area contributed by atoms with Crippen molar-refractivity contribution in [1.29, 1.82) is 5.26 Å². The molecule has 1 saturated carbocycles. The second kappa shape index (κ2) is 6.10. The summed E-state index contributed by atoms with van der Waals surface area (Å²) < 4.78 is 27.3. The number of aliphatic hydroxyl groups excluding tert-OH is 1. The van der Waals surface area contributed by atoms with Crippen LogP contribution in [-0.4, -0.2) is 26.2 Å². The molecule has 2 unspecified atom stereocenters. The van der Waals surface area contributed by atoms with E-state index in [4.69, 9.17) is 16.9 Å². The zero-order chi connectivity index (χ0) is 14.8. The summed E-state index contributed by atoms with van der Waals surface area (Å²) in [6.07, 6.45) is 2.36. The van der Waals surface area contributed by atoms with Crippen molar-refractivity contribution in [3.8, 4) is 6.07 Å². The highest BCUT2D eigenvalue weighted by Crippen LogP contribution is 2.28. The summed E-state index contributed by atoms with van der Waals surface area (Å²) in [7, 11) is -3.82. The molecule has 1 fully saturated rings. The minimum Gasteiger partial charge on any atom is -0.396 e. The predicted molar refractivity (Wildman–Crippen MR) is 74.7 cm³/mol. The van der Waals surface area contributed by atoms with Crippen LogP contribution in [0.2, 0.25) is 5.02 Å². The highest BCUT2D eigenvalue weighted by molar-refractivity contribution is 7.89. The van der Waals surface area contributed by atoms with Crippen LogP contribution < -0.4 is 4.72 Å². The normalized spacial score (nSPS) is 22.6. The number of halogens is 1. The van der Waals surface area contributed by atoms with E-state index in [-0.39, 0.29) is 34.0 Å². The molecule has 20 heavy (non-hydrogen) atoms. The van der Waals surface area contributed by atoms with Crippen molar-refractivity contribution >= 4 is 21.6 Å². The van der Waals surface area contributed by atoms with E-state index in [2.05, 4.69) is 4.72 Å². The van der Waals surface area contributed by atoms with E-state index in [1.807, 2.05) is 6.07 Å². The van der Waals surface area contributed by atoms with E-state index in [0.29, 0.717) is 6.42 Å². The Morgan fingerprint density at radius 2 is 2.20 bits per heavy atom. The molecule has 0 amide bonds. The van der Waals surface area contributed by atoms with Crippen LogP contribution in [0.5, 0.6) is 0 Å². The van der Waals surface area contributed by atoms with E-state index in [0.717, 1.165) is 12.8 Å². The minimum atomic E-state index is -3.82. The van der Waals surface area contributed by atoms with Crippen molar-refractivity contribution in [3.05, 3.63) is 28.8 Å². The Morgan fingerprint density at radius 1 is 1.45 bits per heavy atom. The van der Waals surface area contributed by atoms with Gasteiger partial charge in [0.05, 0.1) is 5.56 Å². The Labute approximate surface area is 123 Å². The van der Waals surface area contributed by atoms with Gasteiger partial charge in [-0.3, -0.25) is 0 Å². The third kappa shape index (κ3) is 3.13. The fourth-order valence-corrected chi connectivity index (χ4v) is 4.24. The number of hydrogen-bond donors (Lipinski definition) is 2. The van der Waals surface area contributed by atoms with Crippen LogP contribution >= 0.6 is 11.6 Å². The van der Waals surface area contributed by atoms with Crippen LogP contribution in [0.1, 0.15) is 24.8 Å². The number of aliphatic hydroxyl groups is 1. The topological polar surface area (TPSA) is 90.2 Å². The minimum absolute atomic E-state index is 0.0478. The Hall–Kier alpha value is -1.13. The van der Waals surface area contributed by atoms with E-state index in [1.165, 1.54) is 18.2 Å². The third-order valence-electron chi connectivity index (χ3n) is 3.55. The molecule has 1 aliphatic carbocycles. The van der Waals surface area contributed by atoms with Crippen molar-refractivity contribution in [2.24, 2.45) is 5.92 Å². The molecule has 108 valence electrons. The Morgan fingerprint density at radius 3 is 2.85 bits per heavy atom. The zero-order valence-electron chi connectivity index (χ0n) is 10.7.